The summed E-state index contributed by atoms with van der Waals surface area (Å²) in [5.41, 5.74) is 0.305. The smallest absolute Gasteiger partial charge is 0.303 e. The van der Waals surface area contributed by atoms with Crippen LogP contribution < -0.4 is 0 Å². The van der Waals surface area contributed by atoms with E-state index in [9.17, 15) is 9.59 Å². The molecular formula is C23H36O3. The number of Topliss-reactive ketones (excluding diaryl/α,β-unsaturated/α-hetero) is 1. The molecule has 0 radical (unpaired) electrons. The molecule has 0 aromatic rings. The van der Waals surface area contributed by atoms with Gasteiger partial charge in [0.25, 0.3) is 0 Å². The van der Waals surface area contributed by atoms with Crippen LogP contribution in [0.15, 0.2) is 0 Å². The zero-order chi connectivity index (χ0) is 18.9. The lowest BCUT2D eigenvalue weighted by Crippen LogP contribution is -2.55. The van der Waals surface area contributed by atoms with E-state index in [0.29, 0.717) is 23.7 Å². The van der Waals surface area contributed by atoms with Gasteiger partial charge in [-0.2, -0.15) is 0 Å². The summed E-state index contributed by atoms with van der Waals surface area (Å²) >= 11 is 0. The summed E-state index contributed by atoms with van der Waals surface area (Å²) in [4.78, 5) is 24.3. The molecule has 0 unspecified atom stereocenters. The van der Waals surface area contributed by atoms with Crippen LogP contribution in [0.1, 0.15) is 79.6 Å². The zero-order valence-corrected chi connectivity index (χ0v) is 17.2. The maximum absolute atomic E-state index is 12.7. The number of fused-ring (bicyclic) bond motifs is 5. The molecule has 26 heavy (non-hydrogen) atoms. The SMILES string of the molecule is CC(=O)O[C@@H]1C(=O)C[C@@H]2[C@H]3CC[C@@H]4[C@H](C)[C@@H](C)CC[C@@]4(C)[C@@H]3CC[C@@]12C. The second-order valence-corrected chi connectivity index (χ2v) is 10.6. The van der Waals surface area contributed by atoms with E-state index < -0.39 is 6.10 Å². The molecule has 0 amide bonds. The summed E-state index contributed by atoms with van der Waals surface area (Å²) in [6, 6.07) is 0. The van der Waals surface area contributed by atoms with Gasteiger partial charge < -0.3 is 4.74 Å². The molecule has 3 nitrogen and oxygen atoms in total. The predicted octanol–water partition coefficient (Wildman–Crippen LogP) is 5.02. The standard InChI is InChI=1S/C23H36O3/c1-13-8-10-22(4)17(14(13)2)7-6-16-18(22)9-11-23(5)19(16)12-20(25)21(23)26-15(3)24/h13-14,16-19,21H,6-12H2,1-5H3/t13-,14+,16-,17+,18+,19+,21+,22+,23+/m0/s1. The third-order valence-corrected chi connectivity index (χ3v) is 9.65. The lowest BCUT2D eigenvalue weighted by atomic mass is 9.43. The van der Waals surface area contributed by atoms with E-state index in [1.54, 1.807) is 0 Å². The van der Waals surface area contributed by atoms with Crippen molar-refractivity contribution in [2.75, 3.05) is 0 Å². The van der Waals surface area contributed by atoms with Crippen LogP contribution in [0, 0.1) is 46.3 Å². The van der Waals surface area contributed by atoms with Gasteiger partial charge in [0.05, 0.1) is 0 Å². The van der Waals surface area contributed by atoms with E-state index in [2.05, 4.69) is 27.7 Å². The van der Waals surface area contributed by atoms with Crippen LogP contribution >= 0.6 is 0 Å². The molecule has 3 heteroatoms. The minimum absolute atomic E-state index is 0.138. The molecule has 0 saturated heterocycles. The van der Waals surface area contributed by atoms with Gasteiger partial charge in [0.15, 0.2) is 11.9 Å². The summed E-state index contributed by atoms with van der Waals surface area (Å²) in [5, 5.41) is 0. The molecule has 0 aliphatic heterocycles. The van der Waals surface area contributed by atoms with E-state index in [1.165, 1.54) is 39.0 Å². The topological polar surface area (TPSA) is 43.4 Å². The molecule has 4 saturated carbocycles. The fourth-order valence-electron chi connectivity index (χ4n) is 8.03. The highest BCUT2D eigenvalue weighted by Gasteiger charge is 2.63. The van der Waals surface area contributed by atoms with Gasteiger partial charge in [-0.25, -0.2) is 0 Å². The summed E-state index contributed by atoms with van der Waals surface area (Å²) < 4.78 is 5.55. The van der Waals surface area contributed by atoms with E-state index in [0.717, 1.165) is 30.1 Å². The van der Waals surface area contributed by atoms with Gasteiger partial charge in [-0.05, 0) is 79.4 Å². The Kier molecular flexibility index (Phi) is 4.32. The Hall–Kier alpha value is -0.860. The quantitative estimate of drug-likeness (QED) is 0.617. The van der Waals surface area contributed by atoms with Crippen LogP contribution in [-0.2, 0) is 14.3 Å². The molecule has 0 N–H and O–H groups in total. The second kappa shape index (κ2) is 6.07. The van der Waals surface area contributed by atoms with Crippen molar-refractivity contribution < 1.29 is 14.3 Å². The van der Waals surface area contributed by atoms with Gasteiger partial charge in [0.1, 0.15) is 0 Å². The Balaban J connectivity index is 1.63. The van der Waals surface area contributed by atoms with E-state index in [4.69, 9.17) is 4.74 Å². The van der Waals surface area contributed by atoms with Crippen molar-refractivity contribution >= 4 is 11.8 Å². The molecule has 0 spiro atoms. The van der Waals surface area contributed by atoms with Crippen molar-refractivity contribution in [1.29, 1.82) is 0 Å². The minimum Gasteiger partial charge on any atom is -0.454 e. The van der Waals surface area contributed by atoms with E-state index >= 15 is 0 Å². The summed E-state index contributed by atoms with van der Waals surface area (Å²) in [5.74, 6) is 4.17. The summed E-state index contributed by atoms with van der Waals surface area (Å²) in [6.07, 6.45) is 7.67. The predicted molar refractivity (Wildman–Crippen MR) is 101 cm³/mol. The molecule has 0 bridgehead atoms. The van der Waals surface area contributed by atoms with Gasteiger partial charge in [-0.3, -0.25) is 9.59 Å². The number of hydrogen-bond donors (Lipinski definition) is 0. The lowest BCUT2D eigenvalue weighted by Gasteiger charge is -2.62. The van der Waals surface area contributed by atoms with E-state index in [1.807, 2.05) is 0 Å². The first-order valence-corrected chi connectivity index (χ1v) is 10.9. The molecule has 4 aliphatic rings. The molecule has 4 aliphatic carbocycles. The molecule has 9 atom stereocenters. The monoisotopic (exact) mass is 360 g/mol. The van der Waals surface area contributed by atoms with Crippen molar-refractivity contribution in [3.63, 3.8) is 0 Å². The number of ketones is 1. The lowest BCUT2D eigenvalue weighted by molar-refractivity contribution is -0.167. The maximum atomic E-state index is 12.7. The number of rotatable bonds is 1. The van der Waals surface area contributed by atoms with Crippen LogP contribution in [0.25, 0.3) is 0 Å². The zero-order valence-electron chi connectivity index (χ0n) is 17.2. The summed E-state index contributed by atoms with van der Waals surface area (Å²) in [6.45, 7) is 11.2. The first kappa shape index (κ1) is 18.5. The molecule has 4 fully saturated rings. The van der Waals surface area contributed by atoms with Crippen LogP contribution in [0.3, 0.4) is 0 Å². The second-order valence-electron chi connectivity index (χ2n) is 10.6. The Bertz CT molecular complexity index is 613. The average molecular weight is 361 g/mol. The Morgan fingerprint density at radius 2 is 1.65 bits per heavy atom. The van der Waals surface area contributed by atoms with Crippen molar-refractivity contribution in [3.8, 4) is 0 Å². The molecule has 0 aromatic heterocycles. The van der Waals surface area contributed by atoms with Gasteiger partial charge in [0.2, 0.25) is 0 Å². The van der Waals surface area contributed by atoms with Crippen molar-refractivity contribution in [1.82, 2.24) is 0 Å². The Morgan fingerprint density at radius 1 is 0.962 bits per heavy atom. The molecular weight excluding hydrogens is 324 g/mol. The fourth-order valence-corrected chi connectivity index (χ4v) is 8.03. The largest absolute Gasteiger partial charge is 0.454 e. The number of hydrogen-bond acceptors (Lipinski definition) is 3. The van der Waals surface area contributed by atoms with Crippen molar-refractivity contribution in [2.24, 2.45) is 46.3 Å². The Labute approximate surface area is 158 Å². The van der Waals surface area contributed by atoms with Crippen LogP contribution in [-0.4, -0.2) is 17.9 Å². The molecule has 146 valence electrons. The average Bonchev–Trinajstić information content (AvgIpc) is 2.82. The van der Waals surface area contributed by atoms with Gasteiger partial charge in [-0.1, -0.05) is 27.7 Å². The van der Waals surface area contributed by atoms with Crippen LogP contribution in [0.5, 0.6) is 0 Å². The highest BCUT2D eigenvalue weighted by Crippen LogP contribution is 2.67. The normalized spacial score (nSPS) is 53.4. The number of esters is 1. The fraction of sp³-hybridized carbons (Fsp3) is 0.913. The molecule has 0 heterocycles. The number of carbonyl (C=O) groups excluding carboxylic acids is 2. The number of ether oxygens (including phenoxy) is 1. The first-order chi connectivity index (χ1) is 12.2. The van der Waals surface area contributed by atoms with Crippen molar-refractivity contribution in [3.05, 3.63) is 0 Å². The first-order valence-electron chi connectivity index (χ1n) is 10.9. The van der Waals surface area contributed by atoms with Crippen molar-refractivity contribution in [2.45, 2.75) is 85.7 Å². The van der Waals surface area contributed by atoms with E-state index in [-0.39, 0.29) is 17.2 Å². The third-order valence-electron chi connectivity index (χ3n) is 9.65. The minimum atomic E-state index is -0.498. The van der Waals surface area contributed by atoms with Gasteiger partial charge in [0, 0.05) is 18.8 Å². The number of carbonyl (C=O) groups is 2. The third kappa shape index (κ3) is 2.44. The highest BCUT2D eigenvalue weighted by molar-refractivity contribution is 5.89. The van der Waals surface area contributed by atoms with Gasteiger partial charge in [-0.15, -0.1) is 0 Å². The summed E-state index contributed by atoms with van der Waals surface area (Å²) in [7, 11) is 0. The molecule has 4 rings (SSSR count). The van der Waals surface area contributed by atoms with Gasteiger partial charge >= 0.3 is 5.97 Å². The maximum Gasteiger partial charge on any atom is 0.303 e. The van der Waals surface area contributed by atoms with Crippen LogP contribution in [0.2, 0.25) is 0 Å². The van der Waals surface area contributed by atoms with Crippen LogP contribution in [0.4, 0.5) is 0 Å². The molecule has 0 aromatic carbocycles. The highest BCUT2D eigenvalue weighted by atomic mass is 16.5. The Morgan fingerprint density at radius 3 is 2.35 bits per heavy atom.